The highest BCUT2D eigenvalue weighted by Crippen LogP contribution is 2.46. The average Bonchev–Trinajstić information content (AvgIpc) is 2.80. The number of aliphatic hydroxyl groups is 1. The fraction of sp³-hybridized carbons (Fsp3) is 0.481. The van der Waals surface area contributed by atoms with E-state index >= 15 is 0 Å². The number of rotatable bonds is 7. The summed E-state index contributed by atoms with van der Waals surface area (Å²) in [7, 11) is 6.18. The molecule has 2 heterocycles. The minimum Gasteiger partial charge on any atom is -0.391 e. The van der Waals surface area contributed by atoms with Gasteiger partial charge in [0.25, 0.3) is 0 Å². The summed E-state index contributed by atoms with van der Waals surface area (Å²) in [6.07, 6.45) is 3.25. The number of sulfonamides is 1. The van der Waals surface area contributed by atoms with E-state index in [0.29, 0.717) is 4.90 Å². The van der Waals surface area contributed by atoms with E-state index in [-0.39, 0.29) is 10.5 Å². The Bertz CT molecular complexity index is 1220. The van der Waals surface area contributed by atoms with E-state index in [1.807, 2.05) is 12.1 Å². The quantitative estimate of drug-likeness (QED) is 0.488. The molecule has 0 bridgehead atoms. The van der Waals surface area contributed by atoms with Crippen molar-refractivity contribution in [2.75, 3.05) is 81.1 Å². The van der Waals surface area contributed by atoms with Crippen molar-refractivity contribution in [2.45, 2.75) is 21.1 Å². The number of fused-ring (bicyclic) bond motifs is 2. The van der Waals surface area contributed by atoms with Crippen LogP contribution in [0.2, 0.25) is 0 Å². The van der Waals surface area contributed by atoms with E-state index in [1.165, 1.54) is 10.5 Å². The molecule has 2 aromatic rings. The number of likely N-dealkylation sites (N-methyl/N-ethyl adjacent to an activating group) is 2. The highest BCUT2D eigenvalue weighted by atomic mass is 32.2. The van der Waals surface area contributed by atoms with Gasteiger partial charge in [-0.25, -0.2) is 3.89 Å². The van der Waals surface area contributed by atoms with Crippen molar-refractivity contribution in [1.82, 2.24) is 0 Å². The van der Waals surface area contributed by atoms with Gasteiger partial charge in [-0.05, 0) is 41.0 Å². The molecule has 1 saturated heterocycles. The van der Waals surface area contributed by atoms with E-state index in [4.69, 9.17) is 0 Å². The Morgan fingerprint density at radius 2 is 1.51 bits per heavy atom. The largest absolute Gasteiger partial charge is 0.391 e. The number of hydrogen-bond donors (Lipinski definition) is 1. The summed E-state index contributed by atoms with van der Waals surface area (Å²) in [4.78, 5) is 2.68. The second-order valence-corrected chi connectivity index (χ2v) is 14.9. The lowest BCUT2D eigenvalue weighted by molar-refractivity contribution is -1.02. The van der Waals surface area contributed by atoms with Crippen LogP contribution in [0.3, 0.4) is 0 Å². The maximum absolute atomic E-state index is 13.2. The van der Waals surface area contributed by atoms with Gasteiger partial charge >= 0.3 is 10.0 Å². The summed E-state index contributed by atoms with van der Waals surface area (Å²) in [6, 6.07) is 14.0. The number of nitrogens with zero attached hydrogens (tertiary/aromatic N) is 3. The predicted molar refractivity (Wildman–Crippen MR) is 143 cm³/mol. The summed E-state index contributed by atoms with van der Waals surface area (Å²) < 4.78 is 28.2. The summed E-state index contributed by atoms with van der Waals surface area (Å²) in [5.74, 6) is 0. The molecular weight excluding hydrogens is 478 g/mol. The highest BCUT2D eigenvalue weighted by Gasteiger charge is 2.36. The van der Waals surface area contributed by atoms with Gasteiger partial charge in [-0.1, -0.05) is 36.0 Å². The molecule has 8 heteroatoms. The molecule has 2 aliphatic heterocycles. The van der Waals surface area contributed by atoms with E-state index in [0.717, 1.165) is 70.7 Å². The first-order chi connectivity index (χ1) is 16.4. The highest BCUT2D eigenvalue weighted by molar-refractivity contribution is 7.99. The minimum atomic E-state index is -3.50. The van der Waals surface area contributed by atoms with Gasteiger partial charge in [0.1, 0.15) is 37.6 Å². The fourth-order valence-corrected chi connectivity index (χ4v) is 7.17. The smallest absolute Gasteiger partial charge is 0.326 e. The average molecular weight is 519 g/mol. The van der Waals surface area contributed by atoms with Gasteiger partial charge in [-0.3, -0.25) is 0 Å². The van der Waals surface area contributed by atoms with Gasteiger partial charge in [0.15, 0.2) is 0 Å². The number of hydrogen-bond acceptors (Lipinski definition) is 4. The van der Waals surface area contributed by atoms with Crippen LogP contribution in [0.1, 0.15) is 17.5 Å². The van der Waals surface area contributed by atoms with Crippen molar-refractivity contribution in [3.05, 3.63) is 59.7 Å². The van der Waals surface area contributed by atoms with Crippen LogP contribution < -0.4 is 0 Å². The molecule has 0 aliphatic carbocycles. The standard InChI is InChI=1S/C27H40N3O3S2/c1-28(2,3)35(32,33)22-12-13-27-25(21-22)23(24-9-6-7-11-26(24)34-27)10-8-14-29(4)15-17-30(5,18-16-29)19-20-31/h6-7,9-13,21,31H,8,14-20H2,1-5H3/q+3. The van der Waals surface area contributed by atoms with Gasteiger partial charge in [-0.15, -0.1) is 0 Å². The van der Waals surface area contributed by atoms with Crippen molar-refractivity contribution in [2.24, 2.45) is 0 Å². The number of benzene rings is 2. The van der Waals surface area contributed by atoms with E-state index in [1.54, 1.807) is 39.0 Å². The Labute approximate surface area is 215 Å². The molecule has 0 spiro atoms. The molecule has 0 unspecified atom stereocenters. The summed E-state index contributed by atoms with van der Waals surface area (Å²) in [6.45, 7) is 6.50. The number of piperazine rings is 1. The van der Waals surface area contributed by atoms with Gasteiger partial charge in [-0.2, -0.15) is 8.42 Å². The molecule has 35 heavy (non-hydrogen) atoms. The molecule has 1 N–H and O–H groups in total. The van der Waals surface area contributed by atoms with Crippen LogP contribution in [0.15, 0.2) is 63.2 Å². The zero-order chi connectivity index (χ0) is 25.5. The third-order valence-electron chi connectivity index (χ3n) is 7.67. The Morgan fingerprint density at radius 3 is 2.14 bits per heavy atom. The van der Waals surface area contributed by atoms with Crippen molar-refractivity contribution < 1.29 is 26.4 Å². The van der Waals surface area contributed by atoms with E-state index in [2.05, 4.69) is 44.4 Å². The zero-order valence-electron chi connectivity index (χ0n) is 21.7. The van der Waals surface area contributed by atoms with Crippen LogP contribution in [0.4, 0.5) is 0 Å². The minimum absolute atomic E-state index is 0.141. The first kappa shape index (κ1) is 26.4. The molecule has 190 valence electrons. The van der Waals surface area contributed by atoms with Crippen molar-refractivity contribution in [1.29, 1.82) is 0 Å². The van der Waals surface area contributed by atoms with E-state index in [9.17, 15) is 13.5 Å². The van der Waals surface area contributed by atoms with Gasteiger partial charge in [0, 0.05) is 16.2 Å². The molecular formula is C27H40N3O3S2+3. The fourth-order valence-electron chi connectivity index (χ4n) is 4.95. The third-order valence-corrected chi connectivity index (χ3v) is 11.1. The molecule has 0 atom stereocenters. The van der Waals surface area contributed by atoms with Gasteiger partial charge in [0.2, 0.25) is 0 Å². The van der Waals surface area contributed by atoms with Crippen LogP contribution in [0, 0.1) is 0 Å². The molecule has 2 aromatic carbocycles. The van der Waals surface area contributed by atoms with Crippen LogP contribution in [0.25, 0.3) is 5.57 Å². The van der Waals surface area contributed by atoms with Crippen LogP contribution in [-0.4, -0.2) is 107 Å². The summed E-state index contributed by atoms with van der Waals surface area (Å²) in [5.41, 5.74) is 3.33. The van der Waals surface area contributed by atoms with Crippen LogP contribution in [0.5, 0.6) is 0 Å². The third kappa shape index (κ3) is 5.38. The molecule has 2 aliphatic rings. The summed E-state index contributed by atoms with van der Waals surface area (Å²) in [5, 5.41) is 9.41. The Morgan fingerprint density at radius 1 is 0.914 bits per heavy atom. The van der Waals surface area contributed by atoms with Crippen molar-refractivity contribution in [3.63, 3.8) is 0 Å². The Balaban J connectivity index is 1.63. The van der Waals surface area contributed by atoms with Crippen LogP contribution >= 0.6 is 11.8 Å². The Kier molecular flexibility index (Phi) is 7.27. The topological polar surface area (TPSA) is 54.4 Å². The second-order valence-electron chi connectivity index (χ2n) is 11.3. The van der Waals surface area contributed by atoms with Crippen molar-refractivity contribution in [3.8, 4) is 0 Å². The molecule has 0 saturated carbocycles. The second kappa shape index (κ2) is 9.65. The molecule has 0 radical (unpaired) electrons. The van der Waals surface area contributed by atoms with Crippen LogP contribution in [-0.2, 0) is 10.0 Å². The molecule has 1 fully saturated rings. The SMILES string of the molecule is C[N+]1(CCO)CC[N+](C)(CCC=C2c3ccccc3Sc3ccc(S(=O)(=O)[N+](C)(C)C)cc32)CC1. The molecule has 6 nitrogen and oxygen atoms in total. The molecule has 0 amide bonds. The normalized spacial score (nSPS) is 25.8. The Hall–Kier alpha value is -1.68. The zero-order valence-corrected chi connectivity index (χ0v) is 23.3. The lowest BCUT2D eigenvalue weighted by Gasteiger charge is -2.46. The van der Waals surface area contributed by atoms with Crippen molar-refractivity contribution >= 4 is 27.4 Å². The first-order valence-electron chi connectivity index (χ1n) is 12.3. The predicted octanol–water partition coefficient (Wildman–Crippen LogP) is 3.27. The van der Waals surface area contributed by atoms with Gasteiger partial charge < -0.3 is 14.1 Å². The maximum atomic E-state index is 13.2. The monoisotopic (exact) mass is 518 g/mol. The van der Waals surface area contributed by atoms with Gasteiger partial charge in [0.05, 0.1) is 48.4 Å². The molecule has 0 aromatic heterocycles. The molecule has 4 rings (SSSR count). The van der Waals surface area contributed by atoms with E-state index < -0.39 is 10.0 Å². The summed E-state index contributed by atoms with van der Waals surface area (Å²) >= 11 is 1.71. The lowest BCUT2D eigenvalue weighted by Crippen LogP contribution is -2.64. The number of quaternary nitrogens is 3. The maximum Gasteiger partial charge on any atom is 0.326 e. The number of aliphatic hydroxyl groups excluding tert-OH is 1. The lowest BCUT2D eigenvalue weighted by atomic mass is 9.96. The first-order valence-corrected chi connectivity index (χ1v) is 14.6.